The van der Waals surface area contributed by atoms with Crippen LogP contribution >= 0.6 is 0 Å². The molecule has 0 radical (unpaired) electrons. The molecule has 8 heteroatoms. The second-order valence-corrected chi connectivity index (χ2v) is 4.74. The van der Waals surface area contributed by atoms with E-state index in [1.54, 1.807) is 0 Å². The van der Waals surface area contributed by atoms with E-state index in [-0.39, 0.29) is 24.2 Å². The van der Waals surface area contributed by atoms with Crippen LogP contribution in [-0.4, -0.2) is 36.1 Å². The van der Waals surface area contributed by atoms with E-state index < -0.39 is 18.2 Å². The summed E-state index contributed by atoms with van der Waals surface area (Å²) in [7, 11) is 0. The van der Waals surface area contributed by atoms with E-state index in [2.05, 4.69) is 15.4 Å². The Bertz CT molecular complexity index is 508. The minimum Gasteiger partial charge on any atom is -0.406 e. The third-order valence-corrected chi connectivity index (χ3v) is 3.11. The smallest absolute Gasteiger partial charge is 0.406 e. The van der Waals surface area contributed by atoms with Gasteiger partial charge in [-0.1, -0.05) is 6.07 Å². The lowest BCUT2D eigenvalue weighted by molar-refractivity contribution is -0.274. The van der Waals surface area contributed by atoms with Gasteiger partial charge in [-0.05, 0) is 25.0 Å². The monoisotopic (exact) mass is 304 g/mol. The molecule has 1 aromatic rings. The van der Waals surface area contributed by atoms with Gasteiger partial charge in [0.15, 0.2) is 0 Å². The molecule has 1 aliphatic rings. The van der Waals surface area contributed by atoms with Crippen molar-refractivity contribution >= 4 is 11.6 Å². The van der Waals surface area contributed by atoms with Crippen molar-refractivity contribution in [2.45, 2.75) is 31.3 Å². The highest BCUT2D eigenvalue weighted by molar-refractivity contribution is 5.95. The average Bonchev–Trinajstić information content (AvgIpc) is 2.85. The van der Waals surface area contributed by atoms with Gasteiger partial charge >= 0.3 is 6.36 Å². The molecule has 2 rings (SSSR count). The Morgan fingerprint density at radius 2 is 2.19 bits per heavy atom. The van der Waals surface area contributed by atoms with Crippen LogP contribution in [0.25, 0.3) is 0 Å². The first-order chi connectivity index (χ1) is 9.87. The highest BCUT2D eigenvalue weighted by Crippen LogP contribution is 2.25. The largest absolute Gasteiger partial charge is 0.573 e. The van der Waals surface area contributed by atoms with E-state index in [0.717, 1.165) is 12.1 Å². The summed E-state index contributed by atoms with van der Waals surface area (Å²) in [6.07, 6.45) is -3.54. The zero-order valence-electron chi connectivity index (χ0n) is 11.0. The van der Waals surface area contributed by atoms with Crippen molar-refractivity contribution in [3.63, 3.8) is 0 Å². The zero-order valence-corrected chi connectivity index (χ0v) is 11.0. The number of amides is 1. The number of carbonyl (C=O) groups excluding carboxylic acids is 1. The quantitative estimate of drug-likeness (QED) is 0.791. The predicted molar refractivity (Wildman–Crippen MR) is 68.8 cm³/mol. The van der Waals surface area contributed by atoms with Crippen molar-refractivity contribution in [2.75, 3.05) is 11.9 Å². The molecule has 1 amide bonds. The summed E-state index contributed by atoms with van der Waals surface area (Å²) in [5, 5.41) is 14.4. The molecule has 5 nitrogen and oxygen atoms in total. The Morgan fingerprint density at radius 3 is 2.81 bits per heavy atom. The third kappa shape index (κ3) is 4.61. The van der Waals surface area contributed by atoms with Gasteiger partial charge in [-0.15, -0.1) is 13.2 Å². The number of hydrogen-bond acceptors (Lipinski definition) is 4. The van der Waals surface area contributed by atoms with E-state index in [9.17, 15) is 18.0 Å². The number of halogens is 3. The fourth-order valence-corrected chi connectivity index (χ4v) is 2.17. The van der Waals surface area contributed by atoms with Crippen molar-refractivity contribution < 1.29 is 27.8 Å². The molecule has 21 heavy (non-hydrogen) atoms. The summed E-state index contributed by atoms with van der Waals surface area (Å²) >= 11 is 0. The van der Waals surface area contributed by atoms with E-state index in [0.29, 0.717) is 12.8 Å². The zero-order chi connectivity index (χ0) is 15.5. The Labute approximate surface area is 119 Å². The molecule has 1 aromatic carbocycles. The molecular formula is C13H15F3N2O3. The minimum absolute atomic E-state index is 0.0569. The van der Waals surface area contributed by atoms with Gasteiger partial charge in [0, 0.05) is 17.8 Å². The lowest BCUT2D eigenvalue weighted by Gasteiger charge is -2.14. The fourth-order valence-electron chi connectivity index (χ4n) is 2.17. The van der Waals surface area contributed by atoms with Crippen LogP contribution in [0.5, 0.6) is 5.75 Å². The Balaban J connectivity index is 1.96. The number of alkyl halides is 3. The maximum absolute atomic E-state index is 12.1. The Kier molecular flexibility index (Phi) is 4.69. The number of anilines is 1. The molecule has 2 atom stereocenters. The number of nitrogens with one attached hydrogen (secondary N) is 2. The molecular weight excluding hydrogens is 289 g/mol. The first-order valence-electron chi connectivity index (χ1n) is 6.41. The molecule has 0 saturated carbocycles. The summed E-state index contributed by atoms with van der Waals surface area (Å²) in [6.45, 7) is -0.0569. The van der Waals surface area contributed by atoms with Crippen LogP contribution in [0.3, 0.4) is 0 Å². The Hall–Kier alpha value is -1.80. The summed E-state index contributed by atoms with van der Waals surface area (Å²) in [6, 6.07) is 4.49. The van der Waals surface area contributed by atoms with Crippen molar-refractivity contribution in [1.29, 1.82) is 0 Å². The number of rotatable bonds is 4. The van der Waals surface area contributed by atoms with E-state index >= 15 is 0 Å². The van der Waals surface area contributed by atoms with Crippen molar-refractivity contribution in [3.8, 4) is 5.75 Å². The normalized spacial score (nSPS) is 22.1. The first kappa shape index (κ1) is 15.6. The number of aliphatic hydroxyl groups excluding tert-OH is 1. The van der Waals surface area contributed by atoms with Crippen molar-refractivity contribution in [2.24, 2.45) is 0 Å². The van der Waals surface area contributed by atoms with E-state index in [4.69, 9.17) is 5.11 Å². The SMILES string of the molecule is O=C(Nc1cccc(OC(F)(F)F)c1)C1CCC(CO)N1. The Morgan fingerprint density at radius 1 is 1.43 bits per heavy atom. The lowest BCUT2D eigenvalue weighted by atomic mass is 10.2. The van der Waals surface area contributed by atoms with Gasteiger partial charge in [0.05, 0.1) is 12.6 Å². The number of hydrogen-bond donors (Lipinski definition) is 3. The van der Waals surface area contributed by atoms with E-state index in [1.807, 2.05) is 0 Å². The van der Waals surface area contributed by atoms with Gasteiger partial charge in [0.25, 0.3) is 0 Å². The van der Waals surface area contributed by atoms with Crippen molar-refractivity contribution in [1.82, 2.24) is 5.32 Å². The predicted octanol–water partition coefficient (Wildman–Crippen LogP) is 1.64. The number of benzene rings is 1. The molecule has 0 spiro atoms. The van der Waals surface area contributed by atoms with Crippen LogP contribution in [0.2, 0.25) is 0 Å². The maximum Gasteiger partial charge on any atom is 0.573 e. The molecule has 0 bridgehead atoms. The first-order valence-corrected chi connectivity index (χ1v) is 6.41. The molecule has 0 aromatic heterocycles. The standard InChI is InChI=1S/C13H15F3N2O3/c14-13(15,16)21-10-3-1-2-8(6-10)18-12(20)11-5-4-9(7-19)17-11/h1-3,6,9,11,17,19H,4-5,7H2,(H,18,20). The molecule has 116 valence electrons. The maximum atomic E-state index is 12.1. The highest BCUT2D eigenvalue weighted by Gasteiger charge is 2.31. The van der Waals surface area contributed by atoms with Crippen LogP contribution in [0.4, 0.5) is 18.9 Å². The summed E-state index contributed by atoms with van der Waals surface area (Å²) < 4.78 is 40.1. The highest BCUT2D eigenvalue weighted by atomic mass is 19.4. The van der Waals surface area contributed by atoms with Crippen molar-refractivity contribution in [3.05, 3.63) is 24.3 Å². The summed E-state index contributed by atoms with van der Waals surface area (Å²) in [4.78, 5) is 12.0. The number of ether oxygens (including phenoxy) is 1. The minimum atomic E-state index is -4.77. The summed E-state index contributed by atoms with van der Waals surface area (Å²) in [5.74, 6) is -0.747. The molecule has 0 aliphatic carbocycles. The molecule has 2 unspecified atom stereocenters. The van der Waals surface area contributed by atoms with Crippen LogP contribution in [0.1, 0.15) is 12.8 Å². The van der Waals surface area contributed by atoms with Gasteiger partial charge in [-0.3, -0.25) is 4.79 Å². The number of aliphatic hydroxyl groups is 1. The van der Waals surface area contributed by atoms with Gasteiger partial charge in [0.1, 0.15) is 5.75 Å². The average molecular weight is 304 g/mol. The second-order valence-electron chi connectivity index (χ2n) is 4.74. The van der Waals surface area contributed by atoms with E-state index in [1.165, 1.54) is 12.1 Å². The van der Waals surface area contributed by atoms with Crippen LogP contribution < -0.4 is 15.4 Å². The molecule has 1 heterocycles. The van der Waals surface area contributed by atoms with Crippen LogP contribution in [-0.2, 0) is 4.79 Å². The molecule has 1 fully saturated rings. The molecule has 3 N–H and O–H groups in total. The van der Waals surface area contributed by atoms with Gasteiger partial charge in [-0.25, -0.2) is 0 Å². The molecule has 1 saturated heterocycles. The fraction of sp³-hybridized carbons (Fsp3) is 0.462. The van der Waals surface area contributed by atoms with Crippen LogP contribution in [0, 0.1) is 0 Å². The van der Waals surface area contributed by atoms with Gasteiger partial charge < -0.3 is 20.5 Å². The second kappa shape index (κ2) is 6.31. The number of carbonyl (C=O) groups is 1. The van der Waals surface area contributed by atoms with Gasteiger partial charge in [-0.2, -0.15) is 0 Å². The van der Waals surface area contributed by atoms with Gasteiger partial charge in [0.2, 0.25) is 5.91 Å². The lowest BCUT2D eigenvalue weighted by Crippen LogP contribution is -2.40. The topological polar surface area (TPSA) is 70.6 Å². The summed E-state index contributed by atoms with van der Waals surface area (Å²) in [5.41, 5.74) is 0.219. The third-order valence-electron chi connectivity index (χ3n) is 3.11. The molecule has 1 aliphatic heterocycles. The van der Waals surface area contributed by atoms with Crippen LogP contribution in [0.15, 0.2) is 24.3 Å².